The minimum absolute atomic E-state index is 0.0339. The third kappa shape index (κ3) is 3.77. The van der Waals surface area contributed by atoms with Crippen molar-refractivity contribution in [3.8, 4) is 11.3 Å². The summed E-state index contributed by atoms with van der Waals surface area (Å²) >= 11 is 6.35. The van der Waals surface area contributed by atoms with Crippen molar-refractivity contribution in [1.82, 2.24) is 25.1 Å². The Morgan fingerprint density at radius 1 is 1.18 bits per heavy atom. The Morgan fingerprint density at radius 2 is 1.93 bits per heavy atom. The number of carbonyl (C=O) groups is 1. The van der Waals surface area contributed by atoms with E-state index in [1.54, 1.807) is 17.2 Å². The van der Waals surface area contributed by atoms with Crippen molar-refractivity contribution in [2.75, 3.05) is 0 Å². The van der Waals surface area contributed by atoms with E-state index in [2.05, 4.69) is 39.6 Å². The zero-order valence-corrected chi connectivity index (χ0v) is 16.2. The first kappa shape index (κ1) is 18.3. The van der Waals surface area contributed by atoms with Gasteiger partial charge in [-0.2, -0.15) is 0 Å². The van der Waals surface area contributed by atoms with Crippen molar-refractivity contribution < 1.29 is 4.79 Å². The summed E-state index contributed by atoms with van der Waals surface area (Å²) in [6.07, 6.45) is 3.56. The van der Waals surface area contributed by atoms with E-state index >= 15 is 0 Å². The zero-order chi connectivity index (χ0) is 19.5. The molecule has 7 heteroatoms. The average Bonchev–Trinajstić information content (AvgIpc) is 3.34. The molecule has 2 heterocycles. The van der Waals surface area contributed by atoms with Crippen molar-refractivity contribution in [3.63, 3.8) is 0 Å². The Labute approximate surface area is 167 Å². The minimum Gasteiger partial charge on any atom is -0.354 e. The Balaban J connectivity index is 1.56. The number of halogens is 1. The Hall–Kier alpha value is -3.12. The van der Waals surface area contributed by atoms with Crippen LogP contribution in [0.2, 0.25) is 5.02 Å². The van der Waals surface area contributed by atoms with Crippen LogP contribution in [-0.4, -0.2) is 25.7 Å². The maximum Gasteiger partial charge on any atom is 0.222 e. The maximum absolute atomic E-state index is 12.2. The summed E-state index contributed by atoms with van der Waals surface area (Å²) in [5, 5.41) is 12.2. The van der Waals surface area contributed by atoms with Crippen LogP contribution in [0.1, 0.15) is 17.5 Å². The third-order valence-corrected chi connectivity index (χ3v) is 5.03. The van der Waals surface area contributed by atoms with Gasteiger partial charge < -0.3 is 14.9 Å². The zero-order valence-electron chi connectivity index (χ0n) is 15.4. The third-order valence-electron chi connectivity index (χ3n) is 4.82. The number of fused-ring (bicyclic) bond motifs is 1. The molecule has 142 valence electrons. The standard InChI is InChI=1S/C21H20ClN5O/c1-14-18-10-17(22)9-16(11-23-19(28)7-8-27-12-24-25-13-27)21(18)26-20(14)15-5-3-2-4-6-15/h2-6,9-10,12-13,26H,7-8,11H2,1H3,(H,23,28). The number of amides is 1. The van der Waals surface area contributed by atoms with Crippen LogP contribution in [0.25, 0.3) is 22.2 Å². The lowest BCUT2D eigenvalue weighted by Gasteiger charge is -2.08. The molecule has 1 amide bonds. The van der Waals surface area contributed by atoms with E-state index in [-0.39, 0.29) is 5.91 Å². The fourth-order valence-electron chi connectivity index (χ4n) is 3.34. The summed E-state index contributed by atoms with van der Waals surface area (Å²) in [5.41, 5.74) is 5.29. The highest BCUT2D eigenvalue weighted by Gasteiger charge is 2.14. The summed E-state index contributed by atoms with van der Waals surface area (Å²) in [6.45, 7) is 3.04. The van der Waals surface area contributed by atoms with Crippen LogP contribution in [0.4, 0.5) is 0 Å². The molecule has 2 aromatic heterocycles. The largest absolute Gasteiger partial charge is 0.354 e. The number of benzene rings is 2. The molecule has 4 rings (SSSR count). The quantitative estimate of drug-likeness (QED) is 0.518. The fourth-order valence-corrected chi connectivity index (χ4v) is 3.58. The van der Waals surface area contributed by atoms with Crippen molar-refractivity contribution in [3.05, 3.63) is 71.3 Å². The van der Waals surface area contributed by atoms with Crippen molar-refractivity contribution in [1.29, 1.82) is 0 Å². The van der Waals surface area contributed by atoms with Crippen LogP contribution in [0.15, 0.2) is 55.1 Å². The highest BCUT2D eigenvalue weighted by Crippen LogP contribution is 2.33. The molecule has 0 aliphatic carbocycles. The van der Waals surface area contributed by atoms with Crippen molar-refractivity contribution in [2.24, 2.45) is 0 Å². The van der Waals surface area contributed by atoms with Crippen molar-refractivity contribution in [2.45, 2.75) is 26.4 Å². The van der Waals surface area contributed by atoms with E-state index in [0.29, 0.717) is 24.5 Å². The molecular formula is C21H20ClN5O. The molecule has 0 spiro atoms. The van der Waals surface area contributed by atoms with E-state index < -0.39 is 0 Å². The number of hydrogen-bond acceptors (Lipinski definition) is 3. The molecule has 0 unspecified atom stereocenters. The Morgan fingerprint density at radius 3 is 2.68 bits per heavy atom. The first-order valence-electron chi connectivity index (χ1n) is 9.07. The molecule has 0 bridgehead atoms. The molecule has 28 heavy (non-hydrogen) atoms. The first-order valence-corrected chi connectivity index (χ1v) is 9.45. The second-order valence-corrected chi connectivity index (χ2v) is 7.14. The van der Waals surface area contributed by atoms with E-state index in [1.165, 1.54) is 0 Å². The van der Waals surface area contributed by atoms with Crippen LogP contribution < -0.4 is 5.32 Å². The molecule has 6 nitrogen and oxygen atoms in total. The highest BCUT2D eigenvalue weighted by molar-refractivity contribution is 6.31. The summed E-state index contributed by atoms with van der Waals surface area (Å²) in [6, 6.07) is 14.0. The number of H-pyrrole nitrogens is 1. The highest BCUT2D eigenvalue weighted by atomic mass is 35.5. The number of aromatic amines is 1. The summed E-state index contributed by atoms with van der Waals surface area (Å²) < 4.78 is 1.78. The number of hydrogen-bond donors (Lipinski definition) is 2. The van der Waals surface area contributed by atoms with E-state index in [1.807, 2.05) is 30.3 Å². The minimum atomic E-state index is -0.0339. The predicted octanol–water partition coefficient (Wildman–Crippen LogP) is 4.09. The number of rotatable bonds is 6. The second-order valence-electron chi connectivity index (χ2n) is 6.70. The molecule has 0 atom stereocenters. The average molecular weight is 394 g/mol. The van der Waals surface area contributed by atoms with E-state index in [4.69, 9.17) is 11.6 Å². The molecule has 0 aliphatic heterocycles. The normalized spacial score (nSPS) is 11.1. The lowest BCUT2D eigenvalue weighted by molar-refractivity contribution is -0.121. The lowest BCUT2D eigenvalue weighted by atomic mass is 10.1. The number of aromatic nitrogens is 4. The van der Waals surface area contributed by atoms with Gasteiger partial charge in [-0.1, -0.05) is 41.9 Å². The molecule has 2 aromatic carbocycles. The molecule has 2 N–H and O–H groups in total. The molecule has 0 saturated heterocycles. The molecule has 0 fully saturated rings. The van der Waals surface area contributed by atoms with Gasteiger partial charge in [0, 0.05) is 35.6 Å². The van der Waals surface area contributed by atoms with Gasteiger partial charge in [-0.25, -0.2) is 0 Å². The number of aryl methyl sites for hydroxylation is 2. The van der Waals surface area contributed by atoms with E-state index in [9.17, 15) is 4.79 Å². The Kier molecular flexibility index (Phi) is 5.12. The molecular weight excluding hydrogens is 374 g/mol. The summed E-state index contributed by atoms with van der Waals surface area (Å²) in [5.74, 6) is -0.0339. The molecule has 0 radical (unpaired) electrons. The van der Waals surface area contributed by atoms with Gasteiger partial charge in [0.05, 0.1) is 5.52 Å². The first-order chi connectivity index (χ1) is 13.6. The number of carbonyl (C=O) groups excluding carboxylic acids is 1. The van der Waals surface area contributed by atoms with Gasteiger partial charge in [-0.05, 0) is 35.7 Å². The molecule has 0 aliphatic rings. The maximum atomic E-state index is 12.2. The van der Waals surface area contributed by atoms with Crippen LogP contribution in [0.5, 0.6) is 0 Å². The van der Waals surface area contributed by atoms with E-state index in [0.717, 1.165) is 33.3 Å². The van der Waals surface area contributed by atoms with Crippen LogP contribution in [0.3, 0.4) is 0 Å². The number of nitrogens with zero attached hydrogens (tertiary/aromatic N) is 3. The monoisotopic (exact) mass is 393 g/mol. The molecule has 4 aromatic rings. The van der Waals surface area contributed by atoms with Gasteiger partial charge >= 0.3 is 0 Å². The van der Waals surface area contributed by atoms with Crippen molar-refractivity contribution >= 4 is 28.4 Å². The Bertz CT molecular complexity index is 1100. The van der Waals surface area contributed by atoms with Gasteiger partial charge in [-0.15, -0.1) is 10.2 Å². The topological polar surface area (TPSA) is 75.6 Å². The SMILES string of the molecule is Cc1c(-c2ccccc2)[nH]c2c(CNC(=O)CCn3cnnc3)cc(Cl)cc12. The van der Waals surface area contributed by atoms with Crippen LogP contribution in [0, 0.1) is 6.92 Å². The van der Waals surface area contributed by atoms with Crippen LogP contribution >= 0.6 is 11.6 Å². The number of nitrogens with one attached hydrogen (secondary N) is 2. The van der Waals surface area contributed by atoms with Gasteiger partial charge in [-0.3, -0.25) is 4.79 Å². The van der Waals surface area contributed by atoms with Gasteiger partial charge in [0.15, 0.2) is 0 Å². The van der Waals surface area contributed by atoms with Crippen LogP contribution in [-0.2, 0) is 17.9 Å². The second kappa shape index (κ2) is 7.86. The van der Waals surface area contributed by atoms with Gasteiger partial charge in [0.1, 0.15) is 12.7 Å². The smallest absolute Gasteiger partial charge is 0.222 e. The predicted molar refractivity (Wildman–Crippen MR) is 110 cm³/mol. The lowest BCUT2D eigenvalue weighted by Crippen LogP contribution is -2.24. The fraction of sp³-hybridized carbons (Fsp3) is 0.190. The summed E-state index contributed by atoms with van der Waals surface area (Å²) in [4.78, 5) is 15.7. The van der Waals surface area contributed by atoms with Gasteiger partial charge in [0.25, 0.3) is 0 Å². The summed E-state index contributed by atoms with van der Waals surface area (Å²) in [7, 11) is 0. The molecule has 0 saturated carbocycles. The van der Waals surface area contributed by atoms with Gasteiger partial charge in [0.2, 0.25) is 5.91 Å².